The number of nitrogens with zero attached hydrogens (tertiary/aromatic N) is 1. The summed E-state index contributed by atoms with van der Waals surface area (Å²) >= 11 is 0. The summed E-state index contributed by atoms with van der Waals surface area (Å²) in [5, 5.41) is 12.1. The van der Waals surface area contributed by atoms with E-state index in [4.69, 9.17) is 4.42 Å². The standard InChI is InChI=1S/C13H12N2O3/c16-10-3-1-5-14-12(10)15-13(17)9-7-8(9)11-4-2-6-18-11/h1-6,8-9,16H,7H2,(H,14,15,17)/t8-,9+/m0/s1. The van der Waals surface area contributed by atoms with E-state index in [1.807, 2.05) is 12.1 Å². The smallest absolute Gasteiger partial charge is 0.229 e. The quantitative estimate of drug-likeness (QED) is 0.867. The molecule has 2 N–H and O–H groups in total. The highest BCUT2D eigenvalue weighted by Crippen LogP contribution is 2.48. The number of amides is 1. The fourth-order valence-electron chi connectivity index (χ4n) is 2.00. The predicted molar refractivity (Wildman–Crippen MR) is 64.1 cm³/mol. The van der Waals surface area contributed by atoms with Crippen molar-refractivity contribution in [1.82, 2.24) is 4.98 Å². The molecule has 1 saturated carbocycles. The van der Waals surface area contributed by atoms with Gasteiger partial charge in [-0.05, 0) is 30.7 Å². The van der Waals surface area contributed by atoms with Crippen LogP contribution in [0, 0.1) is 5.92 Å². The van der Waals surface area contributed by atoms with E-state index in [0.29, 0.717) is 0 Å². The van der Waals surface area contributed by atoms with Crippen molar-refractivity contribution in [3.63, 3.8) is 0 Å². The van der Waals surface area contributed by atoms with Gasteiger partial charge in [-0.3, -0.25) is 4.79 Å². The molecule has 92 valence electrons. The maximum Gasteiger partial charge on any atom is 0.229 e. The molecule has 1 aliphatic rings. The normalized spacial score (nSPS) is 21.6. The molecule has 0 bridgehead atoms. The predicted octanol–water partition coefficient (Wildman–Crippen LogP) is 2.12. The largest absolute Gasteiger partial charge is 0.504 e. The Morgan fingerprint density at radius 1 is 1.44 bits per heavy atom. The van der Waals surface area contributed by atoms with Gasteiger partial charge < -0.3 is 14.8 Å². The van der Waals surface area contributed by atoms with E-state index < -0.39 is 0 Å². The lowest BCUT2D eigenvalue weighted by atomic mass is 10.2. The molecule has 0 aliphatic heterocycles. The first-order chi connectivity index (χ1) is 8.75. The Kier molecular flexibility index (Phi) is 2.51. The maximum absolute atomic E-state index is 11.9. The highest BCUT2D eigenvalue weighted by molar-refractivity contribution is 5.95. The van der Waals surface area contributed by atoms with Gasteiger partial charge in [-0.15, -0.1) is 0 Å². The number of carbonyl (C=O) groups excluding carboxylic acids is 1. The van der Waals surface area contributed by atoms with Crippen LogP contribution in [0.1, 0.15) is 18.1 Å². The number of nitrogens with one attached hydrogen (secondary N) is 1. The van der Waals surface area contributed by atoms with Gasteiger partial charge in [-0.2, -0.15) is 0 Å². The molecule has 1 aliphatic carbocycles. The van der Waals surface area contributed by atoms with Gasteiger partial charge >= 0.3 is 0 Å². The number of anilines is 1. The van der Waals surface area contributed by atoms with Crippen LogP contribution in [0.5, 0.6) is 5.75 Å². The molecule has 0 unspecified atom stereocenters. The zero-order valence-electron chi connectivity index (χ0n) is 9.54. The number of hydrogen-bond acceptors (Lipinski definition) is 4. The van der Waals surface area contributed by atoms with Crippen molar-refractivity contribution in [2.24, 2.45) is 5.92 Å². The van der Waals surface area contributed by atoms with Crippen LogP contribution in [-0.4, -0.2) is 16.0 Å². The summed E-state index contributed by atoms with van der Waals surface area (Å²) < 4.78 is 5.27. The second-order valence-corrected chi connectivity index (χ2v) is 4.32. The molecule has 0 aromatic carbocycles. The summed E-state index contributed by atoms with van der Waals surface area (Å²) in [7, 11) is 0. The van der Waals surface area contributed by atoms with Gasteiger partial charge in [-0.25, -0.2) is 4.98 Å². The molecule has 2 heterocycles. The number of carbonyl (C=O) groups is 1. The summed E-state index contributed by atoms with van der Waals surface area (Å²) in [6.07, 6.45) is 3.90. The van der Waals surface area contributed by atoms with E-state index in [2.05, 4.69) is 10.3 Å². The summed E-state index contributed by atoms with van der Waals surface area (Å²) in [6.45, 7) is 0. The van der Waals surface area contributed by atoms with Crippen LogP contribution in [0.3, 0.4) is 0 Å². The molecule has 5 nitrogen and oxygen atoms in total. The third-order valence-electron chi connectivity index (χ3n) is 3.06. The van der Waals surface area contributed by atoms with E-state index >= 15 is 0 Å². The fraction of sp³-hybridized carbons (Fsp3) is 0.231. The van der Waals surface area contributed by atoms with Gasteiger partial charge in [0.05, 0.1) is 6.26 Å². The highest BCUT2D eigenvalue weighted by atomic mass is 16.3. The lowest BCUT2D eigenvalue weighted by Crippen LogP contribution is -2.15. The van der Waals surface area contributed by atoms with Gasteiger partial charge in [0.25, 0.3) is 0 Å². The Balaban J connectivity index is 1.66. The molecule has 18 heavy (non-hydrogen) atoms. The molecular formula is C13H12N2O3. The zero-order chi connectivity index (χ0) is 12.5. The molecule has 1 amide bonds. The molecule has 2 atom stereocenters. The molecule has 2 aromatic heterocycles. The fourth-order valence-corrected chi connectivity index (χ4v) is 2.00. The molecule has 5 heteroatoms. The van der Waals surface area contributed by atoms with Crippen molar-refractivity contribution in [3.05, 3.63) is 42.5 Å². The average molecular weight is 244 g/mol. The zero-order valence-corrected chi connectivity index (χ0v) is 9.54. The number of aromatic hydroxyl groups is 1. The van der Waals surface area contributed by atoms with E-state index in [-0.39, 0.29) is 29.3 Å². The first kappa shape index (κ1) is 10.8. The minimum atomic E-state index is -0.134. The lowest BCUT2D eigenvalue weighted by Gasteiger charge is -2.04. The summed E-state index contributed by atoms with van der Waals surface area (Å²) in [6, 6.07) is 6.77. The third-order valence-corrected chi connectivity index (χ3v) is 3.06. The van der Waals surface area contributed by atoms with Crippen LogP contribution in [0.2, 0.25) is 0 Å². The Bertz CT molecular complexity index is 565. The van der Waals surface area contributed by atoms with Crippen molar-refractivity contribution < 1.29 is 14.3 Å². The van der Waals surface area contributed by atoms with Crippen molar-refractivity contribution in [2.45, 2.75) is 12.3 Å². The lowest BCUT2D eigenvalue weighted by molar-refractivity contribution is -0.117. The van der Waals surface area contributed by atoms with E-state index in [0.717, 1.165) is 12.2 Å². The van der Waals surface area contributed by atoms with Gasteiger partial charge in [0.2, 0.25) is 5.91 Å². The average Bonchev–Trinajstić information content (AvgIpc) is 2.99. The molecule has 0 radical (unpaired) electrons. The number of hydrogen-bond donors (Lipinski definition) is 2. The Hall–Kier alpha value is -2.30. The van der Waals surface area contributed by atoms with Crippen LogP contribution in [0.25, 0.3) is 0 Å². The van der Waals surface area contributed by atoms with Crippen molar-refractivity contribution in [1.29, 1.82) is 0 Å². The van der Waals surface area contributed by atoms with E-state index in [1.165, 1.54) is 12.3 Å². The minimum absolute atomic E-state index is 0.0268. The molecular weight excluding hydrogens is 232 g/mol. The molecule has 3 rings (SSSR count). The van der Waals surface area contributed by atoms with Crippen LogP contribution < -0.4 is 5.32 Å². The summed E-state index contributed by atoms with van der Waals surface area (Å²) in [5.74, 6) is 0.919. The number of rotatable bonds is 3. The van der Waals surface area contributed by atoms with Crippen LogP contribution in [0.4, 0.5) is 5.82 Å². The SMILES string of the molecule is O=C(Nc1ncccc1O)[C@@H]1C[C@@H]1c1ccco1. The number of pyridine rings is 1. The second kappa shape index (κ2) is 4.18. The summed E-state index contributed by atoms with van der Waals surface area (Å²) in [4.78, 5) is 15.8. The topological polar surface area (TPSA) is 75.4 Å². The van der Waals surface area contributed by atoms with Crippen molar-refractivity contribution in [2.75, 3.05) is 5.32 Å². The Morgan fingerprint density at radius 3 is 3.06 bits per heavy atom. The van der Waals surface area contributed by atoms with Crippen molar-refractivity contribution in [3.8, 4) is 5.75 Å². The molecule has 1 fully saturated rings. The second-order valence-electron chi connectivity index (χ2n) is 4.32. The van der Waals surface area contributed by atoms with Crippen LogP contribution >= 0.6 is 0 Å². The van der Waals surface area contributed by atoms with Crippen molar-refractivity contribution >= 4 is 11.7 Å². The minimum Gasteiger partial charge on any atom is -0.504 e. The molecule has 0 saturated heterocycles. The molecule has 0 spiro atoms. The van der Waals surface area contributed by atoms with Gasteiger partial charge in [0, 0.05) is 18.0 Å². The van der Waals surface area contributed by atoms with Crippen LogP contribution in [-0.2, 0) is 4.79 Å². The molecule has 2 aromatic rings. The summed E-state index contributed by atoms with van der Waals surface area (Å²) in [5.41, 5.74) is 0. The Morgan fingerprint density at radius 2 is 2.33 bits per heavy atom. The number of aromatic nitrogens is 1. The first-order valence-electron chi connectivity index (χ1n) is 5.74. The first-order valence-corrected chi connectivity index (χ1v) is 5.74. The van der Waals surface area contributed by atoms with Gasteiger partial charge in [0.15, 0.2) is 11.6 Å². The third kappa shape index (κ3) is 1.95. The van der Waals surface area contributed by atoms with Gasteiger partial charge in [0.1, 0.15) is 5.76 Å². The van der Waals surface area contributed by atoms with E-state index in [9.17, 15) is 9.90 Å². The maximum atomic E-state index is 11.9. The van der Waals surface area contributed by atoms with E-state index in [1.54, 1.807) is 12.3 Å². The van der Waals surface area contributed by atoms with Gasteiger partial charge in [-0.1, -0.05) is 0 Å². The number of furan rings is 1. The Labute approximate surface area is 103 Å². The monoisotopic (exact) mass is 244 g/mol. The van der Waals surface area contributed by atoms with Crippen LogP contribution in [0.15, 0.2) is 41.1 Å². The highest BCUT2D eigenvalue weighted by Gasteiger charge is 2.46.